The van der Waals surface area contributed by atoms with E-state index in [-0.39, 0.29) is 0 Å². The third-order valence-corrected chi connectivity index (χ3v) is 6.01. The Bertz CT molecular complexity index is 382. The molecule has 0 aromatic rings. The summed E-state index contributed by atoms with van der Waals surface area (Å²) in [4.78, 5) is 0. The van der Waals surface area contributed by atoms with Crippen LogP contribution in [0.4, 0.5) is 0 Å². The predicted octanol–water partition coefficient (Wildman–Crippen LogP) is 13.4. The van der Waals surface area contributed by atoms with Crippen molar-refractivity contribution in [3.63, 3.8) is 0 Å². The van der Waals surface area contributed by atoms with Crippen LogP contribution in [0.1, 0.15) is 189 Å². The Morgan fingerprint density at radius 3 is 1.00 bits per heavy atom. The number of hydrogen-bond donors (Lipinski definition) is 0. The third kappa shape index (κ3) is 45.5. The Hall–Kier alpha value is 0. The second-order valence-corrected chi connectivity index (χ2v) is 15.7. The molecule has 0 aliphatic heterocycles. The van der Waals surface area contributed by atoms with Crippen LogP contribution in [0.5, 0.6) is 0 Å². The molecule has 0 saturated heterocycles. The van der Waals surface area contributed by atoms with E-state index in [1.807, 2.05) is 0 Å². The second kappa shape index (κ2) is 21.1. The zero-order valence-electron chi connectivity index (χ0n) is 28.2. The van der Waals surface area contributed by atoms with Crippen molar-refractivity contribution in [2.75, 3.05) is 0 Å². The van der Waals surface area contributed by atoms with Gasteiger partial charge in [-0.15, -0.1) is 0 Å². The molecule has 0 radical (unpaired) electrons. The quantitative estimate of drug-likeness (QED) is 0.300. The Morgan fingerprint density at radius 2 is 0.882 bits per heavy atom. The van der Waals surface area contributed by atoms with E-state index in [1.165, 1.54) is 64.2 Å². The minimum absolute atomic E-state index is 0.517. The Morgan fingerprint density at radius 1 is 0.471 bits per heavy atom. The predicted molar refractivity (Wildman–Crippen MR) is 165 cm³/mol. The van der Waals surface area contributed by atoms with Crippen molar-refractivity contribution in [1.82, 2.24) is 0 Å². The SMILES string of the molecule is CC(C)CC(C)(C)C.CCC(CC)C(C)(C)C.CCCC(C)(C)C.CCCCCCC(C)(C)C. The molecule has 0 bridgehead atoms. The van der Waals surface area contributed by atoms with Crippen LogP contribution in [0.15, 0.2) is 0 Å². The maximum absolute atomic E-state index is 2.32. The van der Waals surface area contributed by atoms with Crippen molar-refractivity contribution in [1.29, 1.82) is 0 Å². The summed E-state index contributed by atoms with van der Waals surface area (Å²) in [5, 5.41) is 0. The van der Waals surface area contributed by atoms with Crippen LogP contribution in [0.2, 0.25) is 0 Å². The van der Waals surface area contributed by atoms with E-state index in [0.717, 1.165) is 11.8 Å². The van der Waals surface area contributed by atoms with Gasteiger partial charge in [0.2, 0.25) is 0 Å². The molecule has 0 heteroatoms. The third-order valence-electron chi connectivity index (χ3n) is 6.01. The first-order valence-electron chi connectivity index (χ1n) is 15.1. The Balaban J connectivity index is -0.000000178. The first kappa shape index (κ1) is 41.1. The minimum atomic E-state index is 0.517. The number of unbranched alkanes of at least 4 members (excludes halogenated alkanes) is 3. The highest BCUT2D eigenvalue weighted by atomic mass is 14.3. The minimum Gasteiger partial charge on any atom is -0.0654 e. The highest BCUT2D eigenvalue weighted by Gasteiger charge is 2.20. The van der Waals surface area contributed by atoms with Gasteiger partial charge in [-0.25, -0.2) is 0 Å². The molecule has 34 heavy (non-hydrogen) atoms. The van der Waals surface area contributed by atoms with Crippen LogP contribution < -0.4 is 0 Å². The van der Waals surface area contributed by atoms with Crippen molar-refractivity contribution in [3.8, 4) is 0 Å². The average Bonchev–Trinajstić information content (AvgIpc) is 2.56. The molecule has 0 atom stereocenters. The summed E-state index contributed by atoms with van der Waals surface area (Å²) in [6.45, 7) is 41.2. The van der Waals surface area contributed by atoms with Gasteiger partial charge < -0.3 is 0 Å². The monoisotopic (exact) mass is 485 g/mol. The Labute approximate surface area is 222 Å². The molecule has 0 amide bonds. The van der Waals surface area contributed by atoms with Crippen molar-refractivity contribution in [2.24, 2.45) is 33.5 Å². The summed E-state index contributed by atoms with van der Waals surface area (Å²) in [6, 6.07) is 0. The van der Waals surface area contributed by atoms with Crippen molar-refractivity contribution >= 4 is 0 Å². The molecule has 0 aromatic carbocycles. The number of hydrogen-bond acceptors (Lipinski definition) is 0. The van der Waals surface area contributed by atoms with Gasteiger partial charge >= 0.3 is 0 Å². The van der Waals surface area contributed by atoms with Crippen molar-refractivity contribution in [3.05, 3.63) is 0 Å². The van der Waals surface area contributed by atoms with Crippen LogP contribution >= 0.6 is 0 Å². The lowest BCUT2D eigenvalue weighted by Gasteiger charge is -2.28. The van der Waals surface area contributed by atoms with Crippen LogP contribution in [-0.2, 0) is 0 Å². The van der Waals surface area contributed by atoms with Crippen molar-refractivity contribution < 1.29 is 0 Å². The van der Waals surface area contributed by atoms with E-state index in [9.17, 15) is 0 Å². The summed E-state index contributed by atoms with van der Waals surface area (Å²) in [5.74, 6) is 1.74. The van der Waals surface area contributed by atoms with E-state index in [4.69, 9.17) is 0 Å². The van der Waals surface area contributed by atoms with E-state index >= 15 is 0 Å². The fourth-order valence-corrected chi connectivity index (χ4v) is 4.57. The summed E-state index contributed by atoms with van der Waals surface area (Å²) >= 11 is 0. The normalized spacial score (nSPS) is 12.4. The lowest BCUT2D eigenvalue weighted by molar-refractivity contribution is 0.226. The van der Waals surface area contributed by atoms with Gasteiger partial charge in [0.25, 0.3) is 0 Å². The van der Waals surface area contributed by atoms with Gasteiger partial charge in [-0.2, -0.15) is 0 Å². The zero-order chi connectivity index (χ0) is 28.2. The maximum Gasteiger partial charge on any atom is -0.0354 e. The van der Waals surface area contributed by atoms with E-state index in [1.54, 1.807) is 0 Å². The van der Waals surface area contributed by atoms with Gasteiger partial charge in [-0.05, 0) is 52.8 Å². The van der Waals surface area contributed by atoms with Gasteiger partial charge in [-0.1, -0.05) is 170 Å². The summed E-state index contributed by atoms with van der Waals surface area (Å²) < 4.78 is 0. The Kier molecular flexibility index (Phi) is 25.6. The standard InChI is InChI=1S/C10H22.C9H20.C8H18.C7H16/c1-5-6-7-8-9-10(2,3)4;1-6-8(7-2)9(3,4)5;1-7(2)6-8(3,4)5;1-5-6-7(2,3)4/h5-9H2,1-4H3;8H,6-7H2,1-5H3;7H,6H2,1-5H3;5-6H2,1-4H3. The number of rotatable bonds is 8. The highest BCUT2D eigenvalue weighted by molar-refractivity contribution is 4.70. The maximum atomic E-state index is 2.32. The molecular weight excluding hydrogens is 408 g/mol. The first-order valence-corrected chi connectivity index (χ1v) is 15.1. The van der Waals surface area contributed by atoms with Crippen LogP contribution in [0.3, 0.4) is 0 Å². The molecular formula is C34H76. The van der Waals surface area contributed by atoms with E-state index < -0.39 is 0 Å². The van der Waals surface area contributed by atoms with Crippen LogP contribution in [0, 0.1) is 33.5 Å². The average molecular weight is 485 g/mol. The topological polar surface area (TPSA) is 0 Å². The molecule has 0 rings (SSSR count). The molecule has 0 saturated carbocycles. The molecule has 0 aromatic heterocycles. The molecule has 0 nitrogen and oxygen atoms in total. The van der Waals surface area contributed by atoms with Crippen molar-refractivity contribution in [2.45, 2.75) is 189 Å². The summed E-state index contributed by atoms with van der Waals surface area (Å²) in [6.07, 6.45) is 13.6. The molecule has 0 aliphatic carbocycles. The first-order chi connectivity index (χ1) is 15.1. The molecule has 0 heterocycles. The smallest absolute Gasteiger partial charge is 0.0354 e. The van der Waals surface area contributed by atoms with Gasteiger partial charge in [0.05, 0.1) is 0 Å². The van der Waals surface area contributed by atoms with Crippen LogP contribution in [0.25, 0.3) is 0 Å². The fourth-order valence-electron chi connectivity index (χ4n) is 4.57. The van der Waals surface area contributed by atoms with Crippen LogP contribution in [-0.4, -0.2) is 0 Å². The highest BCUT2D eigenvalue weighted by Crippen LogP contribution is 2.30. The molecule has 0 unspecified atom stereocenters. The van der Waals surface area contributed by atoms with E-state index in [0.29, 0.717) is 21.7 Å². The van der Waals surface area contributed by atoms with E-state index in [2.05, 4.69) is 125 Å². The van der Waals surface area contributed by atoms with Gasteiger partial charge in [0.15, 0.2) is 0 Å². The van der Waals surface area contributed by atoms with Gasteiger partial charge in [0.1, 0.15) is 0 Å². The zero-order valence-corrected chi connectivity index (χ0v) is 28.2. The summed E-state index contributed by atoms with van der Waals surface area (Å²) in [7, 11) is 0. The lowest BCUT2D eigenvalue weighted by atomic mass is 9.78. The lowest BCUT2D eigenvalue weighted by Crippen LogP contribution is -2.18. The molecule has 0 fully saturated rings. The molecule has 0 aliphatic rings. The molecule has 0 N–H and O–H groups in total. The fraction of sp³-hybridized carbons (Fsp3) is 1.00. The second-order valence-electron chi connectivity index (χ2n) is 15.7. The molecule has 0 spiro atoms. The van der Waals surface area contributed by atoms with Gasteiger partial charge in [-0.3, -0.25) is 0 Å². The largest absolute Gasteiger partial charge is 0.0654 e. The summed E-state index contributed by atoms with van der Waals surface area (Å²) in [5.41, 5.74) is 2.14. The molecule has 212 valence electrons. The van der Waals surface area contributed by atoms with Gasteiger partial charge in [0, 0.05) is 0 Å².